The molecular formula is C18H23F3N2O. The van der Waals surface area contributed by atoms with Crippen LogP contribution in [0.15, 0.2) is 30.3 Å². The molecule has 1 aromatic rings. The number of nitrogens with one attached hydrogen (secondary N) is 1. The summed E-state index contributed by atoms with van der Waals surface area (Å²) in [6.45, 7) is 5.16. The summed E-state index contributed by atoms with van der Waals surface area (Å²) in [5.74, 6) is -0.263. The predicted octanol–water partition coefficient (Wildman–Crippen LogP) is 3.71. The monoisotopic (exact) mass is 340 g/mol. The van der Waals surface area contributed by atoms with Gasteiger partial charge in [-0.05, 0) is 49.6 Å². The average Bonchev–Trinajstić information content (AvgIpc) is 2.55. The molecule has 132 valence electrons. The number of nitrogens with zero attached hydrogens (tertiary/aromatic N) is 1. The zero-order valence-corrected chi connectivity index (χ0v) is 13.8. The molecule has 24 heavy (non-hydrogen) atoms. The standard InChI is InChI=1S/C18H23F3N2O/c1-2-10-23-11-8-16(9-12-23)22-17(24)7-6-14-4-3-5-15(13-14)18(19,20)21/h3-7,13,16H,2,8-12H2,1H3,(H,22,24)/b7-6+. The maximum absolute atomic E-state index is 12.7. The summed E-state index contributed by atoms with van der Waals surface area (Å²) in [6.07, 6.45) is 1.27. The third-order valence-corrected chi connectivity index (χ3v) is 4.11. The zero-order chi connectivity index (χ0) is 17.6. The molecule has 0 radical (unpaired) electrons. The molecule has 0 saturated carbocycles. The van der Waals surface area contributed by atoms with Gasteiger partial charge in [-0.3, -0.25) is 4.79 Å². The van der Waals surface area contributed by atoms with Gasteiger partial charge >= 0.3 is 6.18 Å². The summed E-state index contributed by atoms with van der Waals surface area (Å²) < 4.78 is 38.0. The van der Waals surface area contributed by atoms with Crippen LogP contribution in [0, 0.1) is 0 Å². The fourth-order valence-corrected chi connectivity index (χ4v) is 2.86. The average molecular weight is 340 g/mol. The molecule has 1 heterocycles. The van der Waals surface area contributed by atoms with E-state index in [9.17, 15) is 18.0 Å². The highest BCUT2D eigenvalue weighted by molar-refractivity contribution is 5.91. The lowest BCUT2D eigenvalue weighted by molar-refractivity contribution is -0.137. The molecule has 3 nitrogen and oxygen atoms in total. The number of hydrogen-bond donors (Lipinski definition) is 1. The van der Waals surface area contributed by atoms with Gasteiger partial charge in [0, 0.05) is 25.2 Å². The Kier molecular flexibility index (Phi) is 6.43. The molecule has 1 N–H and O–H groups in total. The van der Waals surface area contributed by atoms with E-state index < -0.39 is 11.7 Å². The molecular weight excluding hydrogens is 317 g/mol. The van der Waals surface area contributed by atoms with Crippen molar-refractivity contribution in [2.24, 2.45) is 0 Å². The molecule has 0 aromatic heterocycles. The molecule has 0 atom stereocenters. The van der Waals surface area contributed by atoms with E-state index in [1.165, 1.54) is 18.2 Å². The molecule has 2 rings (SSSR count). The molecule has 0 spiro atoms. The molecule has 1 aliphatic rings. The fraction of sp³-hybridized carbons (Fsp3) is 0.500. The highest BCUT2D eigenvalue weighted by Crippen LogP contribution is 2.29. The number of carbonyl (C=O) groups is 1. The minimum atomic E-state index is -4.38. The topological polar surface area (TPSA) is 32.3 Å². The van der Waals surface area contributed by atoms with Gasteiger partial charge in [0.15, 0.2) is 0 Å². The fourth-order valence-electron chi connectivity index (χ4n) is 2.86. The van der Waals surface area contributed by atoms with Gasteiger partial charge in [0.2, 0.25) is 5.91 Å². The van der Waals surface area contributed by atoms with Gasteiger partial charge in [-0.15, -0.1) is 0 Å². The van der Waals surface area contributed by atoms with E-state index in [-0.39, 0.29) is 11.9 Å². The Bertz CT molecular complexity index is 576. The van der Waals surface area contributed by atoms with E-state index in [1.807, 2.05) is 0 Å². The van der Waals surface area contributed by atoms with Crippen LogP contribution >= 0.6 is 0 Å². The first kappa shape index (κ1) is 18.5. The van der Waals surface area contributed by atoms with E-state index in [4.69, 9.17) is 0 Å². The number of hydrogen-bond acceptors (Lipinski definition) is 2. The van der Waals surface area contributed by atoms with Crippen molar-refractivity contribution in [2.45, 2.75) is 38.4 Å². The predicted molar refractivity (Wildman–Crippen MR) is 88.4 cm³/mol. The smallest absolute Gasteiger partial charge is 0.350 e. The van der Waals surface area contributed by atoms with Crippen LogP contribution in [-0.4, -0.2) is 36.5 Å². The van der Waals surface area contributed by atoms with Crippen molar-refractivity contribution in [1.29, 1.82) is 0 Å². The SMILES string of the molecule is CCCN1CCC(NC(=O)/C=C/c2cccc(C(F)(F)F)c2)CC1. The molecule has 1 aliphatic heterocycles. The third-order valence-electron chi connectivity index (χ3n) is 4.11. The largest absolute Gasteiger partial charge is 0.416 e. The third kappa shape index (κ3) is 5.67. The Morgan fingerprint density at radius 1 is 1.33 bits per heavy atom. The molecule has 0 bridgehead atoms. The molecule has 6 heteroatoms. The minimum Gasteiger partial charge on any atom is -0.350 e. The first-order valence-corrected chi connectivity index (χ1v) is 8.26. The van der Waals surface area contributed by atoms with E-state index in [0.717, 1.165) is 51.0 Å². The van der Waals surface area contributed by atoms with Crippen molar-refractivity contribution < 1.29 is 18.0 Å². The maximum atomic E-state index is 12.7. The minimum absolute atomic E-state index is 0.136. The van der Waals surface area contributed by atoms with Crippen LogP contribution in [0.5, 0.6) is 0 Å². The van der Waals surface area contributed by atoms with Crippen LogP contribution in [0.2, 0.25) is 0 Å². The van der Waals surface area contributed by atoms with Crippen molar-refractivity contribution in [2.75, 3.05) is 19.6 Å². The van der Waals surface area contributed by atoms with Crippen LogP contribution in [0.4, 0.5) is 13.2 Å². The number of amides is 1. The number of likely N-dealkylation sites (tertiary alicyclic amines) is 1. The second-order valence-electron chi connectivity index (χ2n) is 6.08. The lowest BCUT2D eigenvalue weighted by Gasteiger charge is -2.31. The van der Waals surface area contributed by atoms with Crippen molar-refractivity contribution in [3.63, 3.8) is 0 Å². The lowest BCUT2D eigenvalue weighted by Crippen LogP contribution is -2.44. The summed E-state index contributed by atoms with van der Waals surface area (Å²) in [5, 5.41) is 2.92. The summed E-state index contributed by atoms with van der Waals surface area (Å²) in [6, 6.07) is 5.07. The Morgan fingerprint density at radius 2 is 2.04 bits per heavy atom. The van der Waals surface area contributed by atoms with Crippen molar-refractivity contribution in [3.05, 3.63) is 41.5 Å². The number of alkyl halides is 3. The lowest BCUT2D eigenvalue weighted by atomic mass is 10.0. The summed E-state index contributed by atoms with van der Waals surface area (Å²) in [4.78, 5) is 14.3. The van der Waals surface area contributed by atoms with Gasteiger partial charge in [0.25, 0.3) is 0 Å². The number of rotatable bonds is 5. The molecule has 0 unspecified atom stereocenters. The second kappa shape index (κ2) is 8.33. The first-order valence-electron chi connectivity index (χ1n) is 8.26. The van der Waals surface area contributed by atoms with Crippen molar-refractivity contribution in [3.8, 4) is 0 Å². The molecule has 1 fully saturated rings. The Morgan fingerprint density at radius 3 is 2.67 bits per heavy atom. The van der Waals surface area contributed by atoms with Crippen LogP contribution < -0.4 is 5.32 Å². The van der Waals surface area contributed by atoms with E-state index in [1.54, 1.807) is 6.07 Å². The summed E-state index contributed by atoms with van der Waals surface area (Å²) in [7, 11) is 0. The second-order valence-corrected chi connectivity index (χ2v) is 6.08. The van der Waals surface area contributed by atoms with Gasteiger partial charge in [-0.1, -0.05) is 19.1 Å². The zero-order valence-electron chi connectivity index (χ0n) is 13.8. The number of piperidine rings is 1. The van der Waals surface area contributed by atoms with Crippen LogP contribution in [0.3, 0.4) is 0 Å². The first-order chi connectivity index (χ1) is 11.4. The Labute approximate surface area is 140 Å². The van der Waals surface area contributed by atoms with Crippen LogP contribution in [0.25, 0.3) is 6.08 Å². The van der Waals surface area contributed by atoms with Gasteiger partial charge in [0.1, 0.15) is 0 Å². The summed E-state index contributed by atoms with van der Waals surface area (Å²) >= 11 is 0. The summed E-state index contributed by atoms with van der Waals surface area (Å²) in [5.41, 5.74) is -0.355. The van der Waals surface area contributed by atoms with Crippen molar-refractivity contribution in [1.82, 2.24) is 10.2 Å². The van der Waals surface area contributed by atoms with Crippen molar-refractivity contribution >= 4 is 12.0 Å². The van der Waals surface area contributed by atoms with Gasteiger partial charge in [-0.25, -0.2) is 0 Å². The number of carbonyl (C=O) groups excluding carboxylic acids is 1. The molecule has 1 amide bonds. The van der Waals surface area contributed by atoms with Crippen LogP contribution in [0.1, 0.15) is 37.3 Å². The quantitative estimate of drug-likeness (QED) is 0.829. The highest BCUT2D eigenvalue weighted by Gasteiger charge is 2.30. The van der Waals surface area contributed by atoms with Crippen LogP contribution in [-0.2, 0) is 11.0 Å². The highest BCUT2D eigenvalue weighted by atomic mass is 19.4. The normalized spacial score (nSPS) is 17.3. The molecule has 1 saturated heterocycles. The Balaban J connectivity index is 1.85. The number of benzene rings is 1. The Hall–Kier alpha value is -1.82. The maximum Gasteiger partial charge on any atom is 0.416 e. The van der Waals surface area contributed by atoms with Gasteiger partial charge < -0.3 is 10.2 Å². The van der Waals surface area contributed by atoms with Gasteiger partial charge in [0.05, 0.1) is 5.56 Å². The van der Waals surface area contributed by atoms with E-state index in [0.29, 0.717) is 5.56 Å². The molecule has 1 aromatic carbocycles. The van der Waals surface area contributed by atoms with E-state index >= 15 is 0 Å². The van der Waals surface area contributed by atoms with Gasteiger partial charge in [-0.2, -0.15) is 13.2 Å². The molecule has 0 aliphatic carbocycles. The van der Waals surface area contributed by atoms with E-state index in [2.05, 4.69) is 17.1 Å². The number of halogens is 3.